The Balaban J connectivity index is 2.43. The molecule has 1 aromatic heterocycles. The number of rotatable bonds is 4. The molecule has 0 aromatic carbocycles. The second-order valence-corrected chi connectivity index (χ2v) is 6.79. The van der Waals surface area contributed by atoms with Crippen LogP contribution in [0.15, 0.2) is 0 Å². The summed E-state index contributed by atoms with van der Waals surface area (Å²) in [6, 6.07) is 0. The van der Waals surface area contributed by atoms with Gasteiger partial charge in [-0.25, -0.2) is 9.97 Å². The Morgan fingerprint density at radius 1 is 1.32 bits per heavy atom. The van der Waals surface area contributed by atoms with Crippen LogP contribution in [0.1, 0.15) is 50.9 Å². The van der Waals surface area contributed by atoms with E-state index in [0.717, 1.165) is 28.8 Å². The summed E-state index contributed by atoms with van der Waals surface area (Å²) in [5.41, 5.74) is 2.40. The molecule has 2 heterocycles. The van der Waals surface area contributed by atoms with Crippen molar-refractivity contribution >= 4 is 17.6 Å². The summed E-state index contributed by atoms with van der Waals surface area (Å²) in [5, 5.41) is 3.20. The van der Waals surface area contributed by atoms with Crippen molar-refractivity contribution in [1.82, 2.24) is 9.97 Å². The molecular weight excluding hydrogens is 258 g/mol. The molecule has 5 heteroatoms. The molecular formula is C14H23N3OS. The number of hydrogen-bond acceptors (Lipinski definition) is 5. The minimum absolute atomic E-state index is 0.0129. The highest BCUT2D eigenvalue weighted by Crippen LogP contribution is 2.38. The van der Waals surface area contributed by atoms with Gasteiger partial charge >= 0.3 is 0 Å². The van der Waals surface area contributed by atoms with Gasteiger partial charge in [0, 0.05) is 30.7 Å². The van der Waals surface area contributed by atoms with Crippen molar-refractivity contribution in [3.8, 4) is 0 Å². The van der Waals surface area contributed by atoms with E-state index in [1.165, 1.54) is 5.56 Å². The normalized spacial score (nSPS) is 16.3. The number of anilines is 1. The summed E-state index contributed by atoms with van der Waals surface area (Å²) >= 11 is 1.89. The lowest BCUT2D eigenvalue weighted by Crippen LogP contribution is -2.24. The third kappa shape index (κ3) is 3.03. The fraction of sp³-hybridized carbons (Fsp3) is 0.714. The molecule has 0 fully saturated rings. The quantitative estimate of drug-likeness (QED) is 0.916. The molecule has 0 spiro atoms. The first-order chi connectivity index (χ1) is 8.97. The summed E-state index contributed by atoms with van der Waals surface area (Å²) < 4.78 is 5.89. The first-order valence-electron chi connectivity index (χ1n) is 6.74. The Morgan fingerprint density at radius 2 is 2.05 bits per heavy atom. The van der Waals surface area contributed by atoms with Gasteiger partial charge in [-0.3, -0.25) is 0 Å². The molecule has 0 saturated heterocycles. The maximum Gasteiger partial charge on any atom is 0.160 e. The molecule has 1 N–H and O–H groups in total. The maximum atomic E-state index is 5.89. The molecule has 0 aliphatic carbocycles. The van der Waals surface area contributed by atoms with E-state index in [-0.39, 0.29) is 11.5 Å². The second kappa shape index (κ2) is 5.67. The van der Waals surface area contributed by atoms with Gasteiger partial charge in [-0.05, 0) is 12.3 Å². The van der Waals surface area contributed by atoms with Crippen molar-refractivity contribution in [2.24, 2.45) is 5.41 Å². The van der Waals surface area contributed by atoms with Gasteiger partial charge in [0.2, 0.25) is 0 Å². The summed E-state index contributed by atoms with van der Waals surface area (Å²) in [4.78, 5) is 9.44. The lowest BCUT2D eigenvalue weighted by atomic mass is 9.88. The van der Waals surface area contributed by atoms with Gasteiger partial charge in [0.15, 0.2) is 5.82 Å². The van der Waals surface area contributed by atoms with Crippen LogP contribution in [0.25, 0.3) is 0 Å². The van der Waals surface area contributed by atoms with E-state index >= 15 is 0 Å². The molecule has 4 nitrogen and oxygen atoms in total. The molecule has 0 bridgehead atoms. The summed E-state index contributed by atoms with van der Waals surface area (Å²) in [7, 11) is 1.92. The van der Waals surface area contributed by atoms with Gasteiger partial charge < -0.3 is 10.1 Å². The molecule has 1 aliphatic rings. The Morgan fingerprint density at radius 3 is 2.63 bits per heavy atom. The molecule has 1 aromatic rings. The van der Waals surface area contributed by atoms with Gasteiger partial charge in [-0.1, -0.05) is 20.8 Å². The molecule has 0 radical (unpaired) electrons. The van der Waals surface area contributed by atoms with Crippen LogP contribution in [0.3, 0.4) is 0 Å². The zero-order valence-corrected chi connectivity index (χ0v) is 13.2. The van der Waals surface area contributed by atoms with Crippen molar-refractivity contribution in [2.45, 2.75) is 45.3 Å². The number of fused-ring (bicyclic) bond motifs is 1. The maximum absolute atomic E-state index is 5.89. The van der Waals surface area contributed by atoms with Crippen LogP contribution < -0.4 is 5.32 Å². The second-order valence-electron chi connectivity index (χ2n) is 5.80. The van der Waals surface area contributed by atoms with Gasteiger partial charge in [0.05, 0.1) is 5.69 Å². The number of nitrogens with zero attached hydrogens (tertiary/aromatic N) is 2. The predicted octanol–water partition coefficient (Wildman–Crippen LogP) is 3.39. The third-order valence-electron chi connectivity index (χ3n) is 3.19. The summed E-state index contributed by atoms with van der Waals surface area (Å²) in [5.74, 6) is 3.74. The van der Waals surface area contributed by atoms with E-state index in [9.17, 15) is 0 Å². The van der Waals surface area contributed by atoms with Crippen LogP contribution in [0.2, 0.25) is 0 Å². The molecule has 1 aliphatic heterocycles. The van der Waals surface area contributed by atoms with Gasteiger partial charge in [0.25, 0.3) is 0 Å². The molecule has 1 unspecified atom stereocenters. The van der Waals surface area contributed by atoms with E-state index < -0.39 is 0 Å². The Bertz CT molecular complexity index is 457. The van der Waals surface area contributed by atoms with E-state index in [0.29, 0.717) is 6.61 Å². The minimum Gasteiger partial charge on any atom is -0.373 e. The van der Waals surface area contributed by atoms with Crippen molar-refractivity contribution in [1.29, 1.82) is 0 Å². The van der Waals surface area contributed by atoms with Crippen LogP contribution in [0.4, 0.5) is 5.82 Å². The minimum atomic E-state index is -0.0690. The van der Waals surface area contributed by atoms with Gasteiger partial charge in [-0.15, -0.1) is 0 Å². The predicted molar refractivity (Wildman–Crippen MR) is 80.4 cm³/mol. The summed E-state index contributed by atoms with van der Waals surface area (Å²) in [6.07, 6.45) is -0.0690. The third-order valence-corrected chi connectivity index (χ3v) is 4.16. The smallest absolute Gasteiger partial charge is 0.160 e. The molecule has 0 saturated carbocycles. The molecule has 0 amide bonds. The van der Waals surface area contributed by atoms with Crippen molar-refractivity contribution in [3.63, 3.8) is 0 Å². The standard InChI is InChI=1S/C14H23N3OS/c1-6-18-11(14(2,3)4)13-16-10-8-19-7-9(10)12(15-5)17-13/h11H,6-8H2,1-5H3,(H,15,16,17). The largest absolute Gasteiger partial charge is 0.373 e. The number of aromatic nitrogens is 2. The van der Waals surface area contributed by atoms with Gasteiger partial charge in [-0.2, -0.15) is 11.8 Å². The fourth-order valence-electron chi connectivity index (χ4n) is 2.27. The lowest BCUT2D eigenvalue weighted by Gasteiger charge is -2.29. The van der Waals surface area contributed by atoms with Crippen LogP contribution >= 0.6 is 11.8 Å². The van der Waals surface area contributed by atoms with Crippen LogP contribution in [-0.2, 0) is 16.2 Å². The fourth-order valence-corrected chi connectivity index (χ4v) is 3.31. The summed E-state index contributed by atoms with van der Waals surface area (Å²) in [6.45, 7) is 9.18. The van der Waals surface area contributed by atoms with Crippen LogP contribution in [-0.4, -0.2) is 23.6 Å². The van der Waals surface area contributed by atoms with E-state index in [1.54, 1.807) is 0 Å². The average molecular weight is 281 g/mol. The number of ether oxygens (including phenoxy) is 1. The topological polar surface area (TPSA) is 47.0 Å². The highest BCUT2D eigenvalue weighted by atomic mass is 32.2. The first kappa shape index (κ1) is 14.6. The number of nitrogens with one attached hydrogen (secondary N) is 1. The van der Waals surface area contributed by atoms with Crippen LogP contribution in [0, 0.1) is 5.41 Å². The van der Waals surface area contributed by atoms with E-state index in [2.05, 4.69) is 31.1 Å². The Labute approximate surface area is 119 Å². The monoisotopic (exact) mass is 281 g/mol. The van der Waals surface area contributed by atoms with E-state index in [4.69, 9.17) is 9.72 Å². The molecule has 106 valence electrons. The SMILES string of the molecule is CCOC(c1nc2c(c(NC)n1)CSC2)C(C)(C)C. The Kier molecular flexibility index (Phi) is 4.36. The van der Waals surface area contributed by atoms with Crippen molar-refractivity contribution in [2.75, 3.05) is 19.0 Å². The lowest BCUT2D eigenvalue weighted by molar-refractivity contribution is -0.0191. The van der Waals surface area contributed by atoms with E-state index in [1.807, 2.05) is 25.7 Å². The number of hydrogen-bond donors (Lipinski definition) is 1. The zero-order chi connectivity index (χ0) is 14.0. The highest BCUT2D eigenvalue weighted by Gasteiger charge is 2.31. The molecule has 2 rings (SSSR count). The first-order valence-corrected chi connectivity index (χ1v) is 7.89. The van der Waals surface area contributed by atoms with Crippen molar-refractivity contribution in [3.05, 3.63) is 17.1 Å². The Hall–Kier alpha value is -0.810. The number of thioether (sulfide) groups is 1. The van der Waals surface area contributed by atoms with Crippen molar-refractivity contribution < 1.29 is 4.74 Å². The average Bonchev–Trinajstić information content (AvgIpc) is 2.81. The zero-order valence-electron chi connectivity index (χ0n) is 12.4. The van der Waals surface area contributed by atoms with Crippen LogP contribution in [0.5, 0.6) is 0 Å². The van der Waals surface area contributed by atoms with Gasteiger partial charge in [0.1, 0.15) is 11.9 Å². The molecule has 1 atom stereocenters. The molecule has 19 heavy (non-hydrogen) atoms. The highest BCUT2D eigenvalue weighted by molar-refractivity contribution is 7.98.